The summed E-state index contributed by atoms with van der Waals surface area (Å²) < 4.78 is 27.5. The van der Waals surface area contributed by atoms with Gasteiger partial charge in [-0.1, -0.05) is 0 Å². The molecule has 0 spiro atoms. The van der Waals surface area contributed by atoms with Crippen LogP contribution in [-0.2, 0) is 15.0 Å². The molecule has 2 rings (SSSR count). The van der Waals surface area contributed by atoms with Gasteiger partial charge in [-0.05, 0) is 12.8 Å². The molecule has 2 N–H and O–H groups in total. The Morgan fingerprint density at radius 1 is 1.11 bits per heavy atom. The average Bonchev–Trinajstić information content (AvgIpc) is 2.92. The largest absolute Gasteiger partial charge is 0.339 e. The van der Waals surface area contributed by atoms with Crippen molar-refractivity contribution < 1.29 is 13.2 Å². The third kappa shape index (κ3) is 3.41. The van der Waals surface area contributed by atoms with Gasteiger partial charge >= 0.3 is 0 Å². The molecular formula is C10H20N4O3S. The molecule has 0 aromatic rings. The maximum absolute atomic E-state index is 11.9. The molecule has 7 nitrogen and oxygen atoms in total. The number of hydrogen-bond donors (Lipinski definition) is 2. The fourth-order valence-electron chi connectivity index (χ4n) is 2.20. The van der Waals surface area contributed by atoms with Gasteiger partial charge in [-0.3, -0.25) is 4.79 Å². The highest BCUT2D eigenvalue weighted by Gasteiger charge is 2.26. The minimum atomic E-state index is -3.47. The molecule has 0 bridgehead atoms. The van der Waals surface area contributed by atoms with Crippen LogP contribution in [0.5, 0.6) is 0 Å². The highest BCUT2D eigenvalue weighted by molar-refractivity contribution is 7.87. The summed E-state index contributed by atoms with van der Waals surface area (Å²) in [5.74, 6) is -0.153. The molecule has 18 heavy (non-hydrogen) atoms. The first-order valence-corrected chi connectivity index (χ1v) is 7.77. The number of hydrogen-bond acceptors (Lipinski definition) is 4. The highest BCUT2D eigenvalue weighted by Crippen LogP contribution is 2.10. The fraction of sp³-hybridized carbons (Fsp3) is 0.900. The SMILES string of the molecule is O=C(CNS(=O)(=O)N1CCCC1)N1CCNCC1. The predicted molar refractivity (Wildman–Crippen MR) is 67.2 cm³/mol. The van der Waals surface area contributed by atoms with E-state index in [0.717, 1.165) is 25.9 Å². The summed E-state index contributed by atoms with van der Waals surface area (Å²) in [6.07, 6.45) is 1.79. The third-order valence-corrected chi connectivity index (χ3v) is 4.83. The maximum atomic E-state index is 11.9. The van der Waals surface area contributed by atoms with E-state index in [0.29, 0.717) is 26.2 Å². The number of nitrogens with zero attached hydrogens (tertiary/aromatic N) is 2. The van der Waals surface area contributed by atoms with Crippen LogP contribution in [0.4, 0.5) is 0 Å². The summed E-state index contributed by atoms with van der Waals surface area (Å²) in [5, 5.41) is 3.15. The van der Waals surface area contributed by atoms with Gasteiger partial charge in [-0.2, -0.15) is 17.4 Å². The van der Waals surface area contributed by atoms with Crippen LogP contribution < -0.4 is 10.0 Å². The molecule has 2 aliphatic heterocycles. The van der Waals surface area contributed by atoms with Gasteiger partial charge in [0.1, 0.15) is 0 Å². The van der Waals surface area contributed by atoms with Crippen LogP contribution in [0.2, 0.25) is 0 Å². The molecule has 2 fully saturated rings. The molecule has 104 valence electrons. The quantitative estimate of drug-likeness (QED) is 0.644. The second-order valence-corrected chi connectivity index (χ2v) is 6.32. The van der Waals surface area contributed by atoms with Crippen LogP contribution in [0.3, 0.4) is 0 Å². The fourth-order valence-corrected chi connectivity index (χ4v) is 3.43. The number of carbonyl (C=O) groups is 1. The molecular weight excluding hydrogens is 256 g/mol. The van der Waals surface area contributed by atoms with Gasteiger partial charge in [0.25, 0.3) is 10.2 Å². The molecule has 0 radical (unpaired) electrons. The molecule has 0 aromatic heterocycles. The van der Waals surface area contributed by atoms with Crippen molar-refractivity contribution in [1.82, 2.24) is 19.2 Å². The van der Waals surface area contributed by atoms with Gasteiger partial charge in [0, 0.05) is 39.3 Å². The van der Waals surface area contributed by atoms with Gasteiger partial charge in [0.2, 0.25) is 5.91 Å². The Balaban J connectivity index is 1.81. The van der Waals surface area contributed by atoms with Crippen molar-refractivity contribution in [3.63, 3.8) is 0 Å². The number of piperazine rings is 1. The van der Waals surface area contributed by atoms with E-state index in [-0.39, 0.29) is 12.5 Å². The normalized spacial score (nSPS) is 22.3. The van der Waals surface area contributed by atoms with Crippen molar-refractivity contribution in [2.75, 3.05) is 45.8 Å². The Kier molecular flexibility index (Phi) is 4.55. The molecule has 2 saturated heterocycles. The first kappa shape index (κ1) is 13.7. The predicted octanol–water partition coefficient (Wildman–Crippen LogP) is -1.65. The molecule has 2 aliphatic rings. The van der Waals surface area contributed by atoms with Gasteiger partial charge in [-0.25, -0.2) is 0 Å². The topological polar surface area (TPSA) is 81.8 Å². The van der Waals surface area contributed by atoms with Gasteiger partial charge in [0.15, 0.2) is 0 Å². The first-order chi connectivity index (χ1) is 8.59. The van der Waals surface area contributed by atoms with Crippen LogP contribution in [0.1, 0.15) is 12.8 Å². The minimum absolute atomic E-state index is 0.140. The number of amides is 1. The Labute approximate surface area is 108 Å². The summed E-state index contributed by atoms with van der Waals surface area (Å²) in [4.78, 5) is 13.5. The average molecular weight is 276 g/mol. The minimum Gasteiger partial charge on any atom is -0.339 e. The lowest BCUT2D eigenvalue weighted by molar-refractivity contribution is -0.130. The number of nitrogens with one attached hydrogen (secondary N) is 2. The lowest BCUT2D eigenvalue weighted by atomic mass is 10.3. The highest BCUT2D eigenvalue weighted by atomic mass is 32.2. The Morgan fingerprint density at radius 2 is 1.72 bits per heavy atom. The number of carbonyl (C=O) groups excluding carboxylic acids is 1. The molecule has 0 atom stereocenters. The molecule has 0 saturated carbocycles. The molecule has 2 heterocycles. The van der Waals surface area contributed by atoms with Crippen LogP contribution in [-0.4, -0.2) is 69.3 Å². The van der Waals surface area contributed by atoms with Gasteiger partial charge in [-0.15, -0.1) is 0 Å². The summed E-state index contributed by atoms with van der Waals surface area (Å²) in [7, 11) is -3.47. The van der Waals surface area contributed by atoms with Crippen molar-refractivity contribution in [2.45, 2.75) is 12.8 Å². The van der Waals surface area contributed by atoms with Crippen LogP contribution in [0.25, 0.3) is 0 Å². The Morgan fingerprint density at radius 3 is 2.33 bits per heavy atom. The summed E-state index contributed by atoms with van der Waals surface area (Å²) in [6, 6.07) is 0. The zero-order chi connectivity index (χ0) is 13.0. The summed E-state index contributed by atoms with van der Waals surface area (Å²) >= 11 is 0. The number of rotatable bonds is 4. The van der Waals surface area contributed by atoms with E-state index in [2.05, 4.69) is 10.0 Å². The smallest absolute Gasteiger partial charge is 0.279 e. The van der Waals surface area contributed by atoms with Gasteiger partial charge < -0.3 is 10.2 Å². The Hall–Kier alpha value is -0.700. The van der Waals surface area contributed by atoms with Crippen molar-refractivity contribution in [3.8, 4) is 0 Å². The van der Waals surface area contributed by atoms with E-state index in [9.17, 15) is 13.2 Å². The van der Waals surface area contributed by atoms with Crippen LogP contribution in [0.15, 0.2) is 0 Å². The van der Waals surface area contributed by atoms with Crippen molar-refractivity contribution in [2.24, 2.45) is 0 Å². The van der Waals surface area contributed by atoms with Crippen LogP contribution >= 0.6 is 0 Å². The Bertz CT molecular complexity index is 386. The monoisotopic (exact) mass is 276 g/mol. The lowest BCUT2D eigenvalue weighted by Gasteiger charge is -2.27. The third-order valence-electron chi connectivity index (χ3n) is 3.28. The second kappa shape index (κ2) is 5.96. The second-order valence-electron chi connectivity index (χ2n) is 4.56. The van der Waals surface area contributed by atoms with Crippen LogP contribution in [0, 0.1) is 0 Å². The lowest BCUT2D eigenvalue weighted by Crippen LogP contribution is -2.50. The van der Waals surface area contributed by atoms with Crippen molar-refractivity contribution >= 4 is 16.1 Å². The van der Waals surface area contributed by atoms with Gasteiger partial charge in [0.05, 0.1) is 6.54 Å². The molecule has 1 amide bonds. The molecule has 0 unspecified atom stereocenters. The molecule has 0 aliphatic carbocycles. The maximum Gasteiger partial charge on any atom is 0.279 e. The van der Waals surface area contributed by atoms with E-state index in [1.807, 2.05) is 0 Å². The van der Waals surface area contributed by atoms with E-state index < -0.39 is 10.2 Å². The molecule has 8 heteroatoms. The molecule has 0 aromatic carbocycles. The zero-order valence-electron chi connectivity index (χ0n) is 10.4. The van der Waals surface area contributed by atoms with E-state index in [1.54, 1.807) is 4.90 Å². The van der Waals surface area contributed by atoms with Crippen molar-refractivity contribution in [1.29, 1.82) is 0 Å². The zero-order valence-corrected chi connectivity index (χ0v) is 11.2. The van der Waals surface area contributed by atoms with E-state index >= 15 is 0 Å². The summed E-state index contributed by atoms with van der Waals surface area (Å²) in [6.45, 7) is 3.79. The first-order valence-electron chi connectivity index (χ1n) is 6.33. The summed E-state index contributed by atoms with van der Waals surface area (Å²) in [5.41, 5.74) is 0. The van der Waals surface area contributed by atoms with E-state index in [1.165, 1.54) is 4.31 Å². The standard InChI is InChI=1S/C10H20N4O3S/c15-10(13-7-3-11-4-8-13)9-12-18(16,17)14-5-1-2-6-14/h11-12H,1-9H2. The van der Waals surface area contributed by atoms with E-state index in [4.69, 9.17) is 0 Å². The van der Waals surface area contributed by atoms with Crippen molar-refractivity contribution in [3.05, 3.63) is 0 Å².